The van der Waals surface area contributed by atoms with Crippen molar-refractivity contribution in [3.63, 3.8) is 0 Å². The van der Waals surface area contributed by atoms with E-state index < -0.39 is 28.9 Å². The fourth-order valence-corrected chi connectivity index (χ4v) is 1.25. The van der Waals surface area contributed by atoms with E-state index in [0.717, 1.165) is 18.2 Å². The maximum Gasteiger partial charge on any atom is 0.183 e. The van der Waals surface area contributed by atoms with Crippen molar-refractivity contribution in [2.24, 2.45) is 11.1 Å². The maximum absolute atomic E-state index is 13.3. The van der Waals surface area contributed by atoms with E-state index >= 15 is 0 Å². The van der Waals surface area contributed by atoms with Gasteiger partial charge in [0.1, 0.15) is 11.6 Å². The van der Waals surface area contributed by atoms with E-state index in [9.17, 15) is 13.6 Å². The summed E-state index contributed by atoms with van der Waals surface area (Å²) < 4.78 is 26.2. The standard InChI is InChI=1S/C12H15F2NO/c1-12(2,3)11(15)10(16)8-6-7(13)4-5-9(8)14/h4-6,11H,15H2,1-3H3. The van der Waals surface area contributed by atoms with Gasteiger partial charge >= 0.3 is 0 Å². The fraction of sp³-hybridized carbons (Fsp3) is 0.417. The van der Waals surface area contributed by atoms with Crippen LogP contribution >= 0.6 is 0 Å². The molecule has 0 saturated carbocycles. The molecule has 0 heterocycles. The van der Waals surface area contributed by atoms with Crippen LogP contribution in [0.3, 0.4) is 0 Å². The predicted octanol–water partition coefficient (Wildman–Crippen LogP) is 2.52. The molecule has 0 spiro atoms. The van der Waals surface area contributed by atoms with Crippen LogP contribution in [-0.4, -0.2) is 11.8 Å². The molecule has 1 aromatic rings. The molecular formula is C12H15F2NO. The molecule has 0 saturated heterocycles. The molecule has 0 aliphatic carbocycles. The minimum atomic E-state index is -0.858. The summed E-state index contributed by atoms with van der Waals surface area (Å²) in [7, 11) is 0. The van der Waals surface area contributed by atoms with Gasteiger partial charge in [-0.2, -0.15) is 0 Å². The first-order chi connectivity index (χ1) is 7.23. The Hall–Kier alpha value is -1.29. The van der Waals surface area contributed by atoms with Crippen molar-refractivity contribution in [3.05, 3.63) is 35.4 Å². The van der Waals surface area contributed by atoms with E-state index in [2.05, 4.69) is 0 Å². The molecule has 4 heteroatoms. The van der Waals surface area contributed by atoms with E-state index in [1.807, 2.05) is 0 Å². The van der Waals surface area contributed by atoms with Crippen LogP contribution < -0.4 is 5.73 Å². The maximum atomic E-state index is 13.3. The lowest BCUT2D eigenvalue weighted by molar-refractivity contribution is 0.0896. The zero-order chi connectivity index (χ0) is 12.5. The largest absolute Gasteiger partial charge is 0.321 e. The van der Waals surface area contributed by atoms with Crippen molar-refractivity contribution >= 4 is 5.78 Å². The third-order valence-corrected chi connectivity index (χ3v) is 2.41. The summed E-state index contributed by atoms with van der Waals surface area (Å²) in [5.41, 5.74) is 4.93. The van der Waals surface area contributed by atoms with Crippen molar-refractivity contribution in [1.29, 1.82) is 0 Å². The van der Waals surface area contributed by atoms with Crippen LogP contribution in [0.15, 0.2) is 18.2 Å². The van der Waals surface area contributed by atoms with Gasteiger partial charge in [0.15, 0.2) is 5.78 Å². The first-order valence-corrected chi connectivity index (χ1v) is 4.98. The average Bonchev–Trinajstić information content (AvgIpc) is 2.18. The van der Waals surface area contributed by atoms with E-state index in [0.29, 0.717) is 0 Å². The molecule has 2 nitrogen and oxygen atoms in total. The highest BCUT2D eigenvalue weighted by Gasteiger charge is 2.29. The van der Waals surface area contributed by atoms with Crippen LogP contribution in [0.5, 0.6) is 0 Å². The van der Waals surface area contributed by atoms with Gasteiger partial charge in [-0.05, 0) is 23.6 Å². The number of carbonyl (C=O) groups excluding carboxylic acids is 1. The number of rotatable bonds is 2. The van der Waals surface area contributed by atoms with Gasteiger partial charge in [0.05, 0.1) is 11.6 Å². The number of carbonyl (C=O) groups is 1. The smallest absolute Gasteiger partial charge is 0.183 e. The lowest BCUT2D eigenvalue weighted by atomic mass is 9.83. The molecule has 0 aliphatic rings. The predicted molar refractivity (Wildman–Crippen MR) is 58.1 cm³/mol. The second-order valence-corrected chi connectivity index (χ2v) is 4.83. The van der Waals surface area contributed by atoms with Crippen LogP contribution in [0, 0.1) is 17.0 Å². The number of nitrogens with two attached hydrogens (primary N) is 1. The van der Waals surface area contributed by atoms with E-state index in [-0.39, 0.29) is 5.56 Å². The number of hydrogen-bond donors (Lipinski definition) is 1. The number of ketones is 1. The monoisotopic (exact) mass is 227 g/mol. The van der Waals surface area contributed by atoms with Gasteiger partial charge in [0.2, 0.25) is 0 Å². The molecule has 0 aromatic heterocycles. The molecule has 16 heavy (non-hydrogen) atoms. The molecular weight excluding hydrogens is 212 g/mol. The summed E-state index contributed by atoms with van der Waals surface area (Å²) in [5.74, 6) is -1.97. The minimum Gasteiger partial charge on any atom is -0.321 e. The molecule has 1 unspecified atom stereocenters. The SMILES string of the molecule is CC(C)(C)C(N)C(=O)c1cc(F)ccc1F. The fourth-order valence-electron chi connectivity index (χ4n) is 1.25. The zero-order valence-corrected chi connectivity index (χ0v) is 9.55. The third-order valence-electron chi connectivity index (χ3n) is 2.41. The summed E-state index contributed by atoms with van der Waals surface area (Å²) in [6, 6.07) is 1.92. The summed E-state index contributed by atoms with van der Waals surface area (Å²) >= 11 is 0. The van der Waals surface area contributed by atoms with Crippen LogP contribution in [-0.2, 0) is 0 Å². The van der Waals surface area contributed by atoms with Crippen molar-refractivity contribution < 1.29 is 13.6 Å². The Morgan fingerprint density at radius 1 is 1.31 bits per heavy atom. The summed E-state index contributed by atoms with van der Waals surface area (Å²) in [6.45, 7) is 5.31. The van der Waals surface area contributed by atoms with E-state index in [1.165, 1.54) is 0 Å². The highest BCUT2D eigenvalue weighted by Crippen LogP contribution is 2.22. The lowest BCUT2D eigenvalue weighted by Crippen LogP contribution is -2.42. The zero-order valence-electron chi connectivity index (χ0n) is 9.55. The Kier molecular flexibility index (Phi) is 3.43. The van der Waals surface area contributed by atoms with Gasteiger partial charge in [-0.25, -0.2) is 8.78 Å². The van der Waals surface area contributed by atoms with Gasteiger partial charge < -0.3 is 5.73 Å². The quantitative estimate of drug-likeness (QED) is 0.789. The topological polar surface area (TPSA) is 43.1 Å². The molecule has 0 amide bonds. The first kappa shape index (κ1) is 12.8. The lowest BCUT2D eigenvalue weighted by Gasteiger charge is -2.25. The normalized spacial score (nSPS) is 13.6. The molecule has 1 aromatic carbocycles. The highest BCUT2D eigenvalue weighted by molar-refractivity contribution is 6.00. The Balaban J connectivity index is 3.10. The first-order valence-electron chi connectivity index (χ1n) is 4.98. The second kappa shape index (κ2) is 4.29. The van der Waals surface area contributed by atoms with Gasteiger partial charge in [0, 0.05) is 0 Å². The Morgan fingerprint density at radius 3 is 2.38 bits per heavy atom. The van der Waals surface area contributed by atoms with Crippen molar-refractivity contribution in [2.45, 2.75) is 26.8 Å². The van der Waals surface area contributed by atoms with E-state index in [1.54, 1.807) is 20.8 Å². The van der Waals surface area contributed by atoms with Gasteiger partial charge in [-0.15, -0.1) is 0 Å². The van der Waals surface area contributed by atoms with Crippen LogP contribution in [0.25, 0.3) is 0 Å². The van der Waals surface area contributed by atoms with Crippen molar-refractivity contribution in [1.82, 2.24) is 0 Å². The number of halogens is 2. The molecule has 1 atom stereocenters. The Morgan fingerprint density at radius 2 is 1.88 bits per heavy atom. The Labute approximate surface area is 93.5 Å². The van der Waals surface area contributed by atoms with Gasteiger partial charge in [0.25, 0.3) is 0 Å². The number of hydrogen-bond acceptors (Lipinski definition) is 2. The Bertz CT molecular complexity index is 410. The molecule has 0 aliphatic heterocycles. The highest BCUT2D eigenvalue weighted by atomic mass is 19.1. The van der Waals surface area contributed by atoms with Crippen LogP contribution in [0.2, 0.25) is 0 Å². The average molecular weight is 227 g/mol. The van der Waals surface area contributed by atoms with Gasteiger partial charge in [-0.3, -0.25) is 4.79 Å². The molecule has 1 rings (SSSR count). The van der Waals surface area contributed by atoms with Crippen molar-refractivity contribution in [3.8, 4) is 0 Å². The second-order valence-electron chi connectivity index (χ2n) is 4.83. The van der Waals surface area contributed by atoms with Crippen molar-refractivity contribution in [2.75, 3.05) is 0 Å². The molecule has 0 bridgehead atoms. The van der Waals surface area contributed by atoms with E-state index in [4.69, 9.17) is 5.73 Å². The summed E-state index contributed by atoms with van der Waals surface area (Å²) in [5, 5.41) is 0. The summed E-state index contributed by atoms with van der Waals surface area (Å²) in [4.78, 5) is 11.8. The van der Waals surface area contributed by atoms with Crippen LogP contribution in [0.1, 0.15) is 31.1 Å². The minimum absolute atomic E-state index is 0.289. The molecule has 0 fully saturated rings. The van der Waals surface area contributed by atoms with Gasteiger partial charge in [-0.1, -0.05) is 20.8 Å². The summed E-state index contributed by atoms with van der Waals surface area (Å²) in [6.07, 6.45) is 0. The molecule has 0 radical (unpaired) electrons. The number of Topliss-reactive ketones (excluding diaryl/α,β-unsaturated/α-hetero) is 1. The molecule has 2 N–H and O–H groups in total. The third kappa shape index (κ3) is 2.64. The van der Waals surface area contributed by atoms with Crippen LogP contribution in [0.4, 0.5) is 8.78 Å². The molecule has 88 valence electrons. The number of benzene rings is 1.